The standard InChI is InChI=1S/C31H39N7O8S/c1-19-11-20(2)26(21(3)12-19)47(43,44)37-25(28(40)41)16-34-27(39)24-14-31(46-36-24)13-23(15-35-29-32-9-10-33-29)38(18-31)30(42)45-17-22-7-5-4-6-8-22/h4-12,23,25,29,32-33,35,37H,13-18H2,1-3H3,(H,34,39)(H,40,41)/t23-,25-,31-/m0/s1. The van der Waals surface area contributed by atoms with Gasteiger partial charge in [-0.1, -0.05) is 53.2 Å². The molecule has 0 radical (unpaired) electrons. The molecule has 0 bridgehead atoms. The Morgan fingerprint density at radius 2 is 1.81 bits per heavy atom. The topological polar surface area (TPSA) is 200 Å². The molecule has 0 aliphatic carbocycles. The van der Waals surface area contributed by atoms with Gasteiger partial charge in [-0.05, 0) is 37.5 Å². The third-order valence-corrected chi connectivity index (χ3v) is 9.93. The molecule has 2 aromatic rings. The average molecular weight is 670 g/mol. The van der Waals surface area contributed by atoms with E-state index in [1.165, 1.54) is 0 Å². The molecule has 1 spiro atoms. The van der Waals surface area contributed by atoms with Crippen molar-refractivity contribution < 1.29 is 37.5 Å². The molecule has 2 amide bonds. The number of aryl methyl sites for hydroxylation is 3. The number of carboxylic acids is 1. The minimum Gasteiger partial charge on any atom is -0.480 e. The fourth-order valence-corrected chi connectivity index (χ4v) is 7.74. The largest absolute Gasteiger partial charge is 0.480 e. The quantitative estimate of drug-likeness (QED) is 0.188. The van der Waals surface area contributed by atoms with Crippen LogP contribution in [0.5, 0.6) is 0 Å². The maximum Gasteiger partial charge on any atom is 0.410 e. The molecule has 6 N–H and O–H groups in total. The van der Waals surface area contributed by atoms with Gasteiger partial charge in [0.05, 0.1) is 17.5 Å². The zero-order valence-corrected chi connectivity index (χ0v) is 27.1. The molecule has 2 aromatic carbocycles. The maximum atomic E-state index is 13.2. The zero-order valence-electron chi connectivity index (χ0n) is 26.3. The van der Waals surface area contributed by atoms with Crippen molar-refractivity contribution in [3.05, 3.63) is 77.1 Å². The van der Waals surface area contributed by atoms with Crippen molar-refractivity contribution in [2.24, 2.45) is 5.16 Å². The molecular weight excluding hydrogens is 630 g/mol. The number of sulfonamides is 1. The van der Waals surface area contributed by atoms with E-state index in [1.807, 2.05) is 37.3 Å². The number of likely N-dealkylation sites (tertiary alicyclic amines) is 1. The van der Waals surface area contributed by atoms with Gasteiger partial charge in [0.2, 0.25) is 10.0 Å². The molecule has 3 aliphatic heterocycles. The number of hydrogen-bond acceptors (Lipinski definition) is 11. The van der Waals surface area contributed by atoms with Crippen LogP contribution in [-0.4, -0.2) is 85.7 Å². The number of aliphatic carboxylic acids is 1. The molecule has 3 atom stereocenters. The summed E-state index contributed by atoms with van der Waals surface area (Å²) in [6.45, 7) is 5.12. The van der Waals surface area contributed by atoms with E-state index in [0.717, 1.165) is 11.1 Å². The molecule has 5 rings (SSSR count). The van der Waals surface area contributed by atoms with Gasteiger partial charge in [0.1, 0.15) is 18.4 Å². The molecule has 252 valence electrons. The van der Waals surface area contributed by atoms with Gasteiger partial charge in [0.25, 0.3) is 5.91 Å². The molecule has 1 fully saturated rings. The molecular formula is C31H39N7O8S. The Kier molecular flexibility index (Phi) is 10.0. The van der Waals surface area contributed by atoms with E-state index in [0.29, 0.717) is 24.1 Å². The number of carbonyl (C=O) groups excluding carboxylic acids is 2. The van der Waals surface area contributed by atoms with Crippen molar-refractivity contribution in [1.82, 2.24) is 30.9 Å². The summed E-state index contributed by atoms with van der Waals surface area (Å²) in [5.74, 6) is -2.17. The molecule has 16 heteroatoms. The fraction of sp³-hybridized carbons (Fsp3) is 0.419. The predicted octanol–water partition coefficient (Wildman–Crippen LogP) is 0.923. The zero-order chi connectivity index (χ0) is 33.8. The number of carbonyl (C=O) groups is 3. The number of amides is 2. The lowest BCUT2D eigenvalue weighted by molar-refractivity contribution is -0.138. The molecule has 0 aromatic heterocycles. The lowest BCUT2D eigenvalue weighted by atomic mass is 9.94. The van der Waals surface area contributed by atoms with E-state index < -0.39 is 46.2 Å². The first kappa shape index (κ1) is 33.7. The smallest absolute Gasteiger partial charge is 0.410 e. The number of rotatable bonds is 12. The Labute approximate surface area is 272 Å². The first-order valence-corrected chi connectivity index (χ1v) is 16.6. The highest BCUT2D eigenvalue weighted by atomic mass is 32.2. The summed E-state index contributed by atoms with van der Waals surface area (Å²) >= 11 is 0. The highest BCUT2D eigenvalue weighted by molar-refractivity contribution is 7.89. The summed E-state index contributed by atoms with van der Waals surface area (Å²) < 4.78 is 34.1. The van der Waals surface area contributed by atoms with E-state index in [4.69, 9.17) is 9.57 Å². The van der Waals surface area contributed by atoms with Crippen LogP contribution >= 0.6 is 0 Å². The maximum absolute atomic E-state index is 13.2. The van der Waals surface area contributed by atoms with E-state index in [-0.39, 0.29) is 42.5 Å². The van der Waals surface area contributed by atoms with Gasteiger partial charge in [0, 0.05) is 38.3 Å². The summed E-state index contributed by atoms with van der Waals surface area (Å²) in [5.41, 5.74) is 1.64. The lowest BCUT2D eigenvalue weighted by Gasteiger charge is -2.25. The van der Waals surface area contributed by atoms with Crippen LogP contribution in [0.3, 0.4) is 0 Å². The third kappa shape index (κ3) is 8.01. The van der Waals surface area contributed by atoms with Crippen molar-refractivity contribution in [1.29, 1.82) is 0 Å². The van der Waals surface area contributed by atoms with Crippen LogP contribution < -0.4 is 26.0 Å². The molecule has 47 heavy (non-hydrogen) atoms. The normalized spacial score (nSPS) is 21.1. The van der Waals surface area contributed by atoms with Crippen LogP contribution in [0.25, 0.3) is 0 Å². The number of hydrogen-bond donors (Lipinski definition) is 6. The first-order valence-electron chi connectivity index (χ1n) is 15.1. The molecule has 1 saturated heterocycles. The lowest BCUT2D eigenvalue weighted by Crippen LogP contribution is -2.50. The van der Waals surface area contributed by atoms with E-state index in [9.17, 15) is 27.9 Å². The number of nitrogens with zero attached hydrogens (tertiary/aromatic N) is 2. The van der Waals surface area contributed by atoms with Crippen LogP contribution in [0.15, 0.2) is 64.9 Å². The molecule has 0 unspecified atom stereocenters. The van der Waals surface area contributed by atoms with Crippen LogP contribution in [0.2, 0.25) is 0 Å². The SMILES string of the molecule is Cc1cc(C)c(S(=O)(=O)N[C@@H](CNC(=O)C2=NO[C@]3(C2)C[C@@H](CNC2NC=CN2)N(C(=O)OCc2ccccc2)C3)C(=O)O)c(C)c1. The van der Waals surface area contributed by atoms with Crippen LogP contribution in [0.1, 0.15) is 35.1 Å². The molecule has 15 nitrogen and oxygen atoms in total. The second-order valence-electron chi connectivity index (χ2n) is 12.0. The van der Waals surface area contributed by atoms with E-state index >= 15 is 0 Å². The van der Waals surface area contributed by atoms with E-state index in [2.05, 4.69) is 31.1 Å². The number of carboxylic acid groups (broad SMARTS) is 1. The molecule has 3 aliphatic rings. The Morgan fingerprint density at radius 1 is 1.13 bits per heavy atom. The second-order valence-corrected chi connectivity index (χ2v) is 13.6. The predicted molar refractivity (Wildman–Crippen MR) is 170 cm³/mol. The Balaban J connectivity index is 1.21. The molecule has 3 heterocycles. The van der Waals surface area contributed by atoms with Crippen molar-refractivity contribution >= 4 is 33.7 Å². The van der Waals surface area contributed by atoms with Crippen LogP contribution in [0.4, 0.5) is 4.79 Å². The van der Waals surface area contributed by atoms with Crippen molar-refractivity contribution in [2.45, 2.75) is 69.1 Å². The molecule has 0 saturated carbocycles. The summed E-state index contributed by atoms with van der Waals surface area (Å²) in [4.78, 5) is 45.7. The monoisotopic (exact) mass is 669 g/mol. The summed E-state index contributed by atoms with van der Waals surface area (Å²) in [5, 5.41) is 25.7. The summed E-state index contributed by atoms with van der Waals surface area (Å²) in [6.07, 6.45) is 3.12. The minimum atomic E-state index is -4.23. The van der Waals surface area contributed by atoms with Crippen molar-refractivity contribution in [3.63, 3.8) is 0 Å². The number of nitrogens with one attached hydrogen (secondary N) is 5. The number of ether oxygens (including phenoxy) is 1. The van der Waals surface area contributed by atoms with Crippen LogP contribution in [0, 0.1) is 20.8 Å². The van der Waals surface area contributed by atoms with E-state index in [1.54, 1.807) is 43.3 Å². The Morgan fingerprint density at radius 3 is 2.47 bits per heavy atom. The van der Waals surface area contributed by atoms with Crippen molar-refractivity contribution in [2.75, 3.05) is 19.6 Å². The highest BCUT2D eigenvalue weighted by Gasteiger charge is 2.53. The van der Waals surface area contributed by atoms with Gasteiger partial charge in [-0.2, -0.15) is 4.72 Å². The van der Waals surface area contributed by atoms with Gasteiger partial charge in [-0.25, -0.2) is 13.2 Å². The minimum absolute atomic E-state index is 0.00300. The Bertz CT molecular complexity index is 1650. The summed E-state index contributed by atoms with van der Waals surface area (Å²) in [7, 11) is -4.23. The second kappa shape index (κ2) is 14.0. The van der Waals surface area contributed by atoms with Crippen molar-refractivity contribution in [3.8, 4) is 0 Å². The summed E-state index contributed by atoms with van der Waals surface area (Å²) in [6, 6.07) is 10.7. The fourth-order valence-electron chi connectivity index (χ4n) is 6.10. The van der Waals surface area contributed by atoms with Gasteiger partial charge in [0.15, 0.2) is 11.9 Å². The van der Waals surface area contributed by atoms with Gasteiger partial charge < -0.3 is 30.6 Å². The highest BCUT2D eigenvalue weighted by Crippen LogP contribution is 2.38. The third-order valence-electron chi connectivity index (χ3n) is 8.15. The van der Waals surface area contributed by atoms with Crippen LogP contribution in [-0.2, 0) is 35.8 Å². The Hall–Kier alpha value is -4.67. The van der Waals surface area contributed by atoms with Gasteiger partial charge >= 0.3 is 12.1 Å². The van der Waals surface area contributed by atoms with Gasteiger partial charge in [-0.15, -0.1) is 0 Å². The average Bonchev–Trinajstić information content (AvgIpc) is 3.77. The first-order chi connectivity index (χ1) is 22.4. The van der Waals surface area contributed by atoms with Gasteiger partial charge in [-0.3, -0.25) is 19.8 Å². The number of benzene rings is 2. The number of oxime groups is 1.